The molecule has 34 heavy (non-hydrogen) atoms. The van der Waals surface area contributed by atoms with E-state index in [1.54, 1.807) is 16.3 Å². The van der Waals surface area contributed by atoms with Gasteiger partial charge in [-0.1, -0.05) is 61.9 Å². The summed E-state index contributed by atoms with van der Waals surface area (Å²) in [5.74, 6) is 7.82. The molecule has 0 saturated carbocycles. The Kier molecular flexibility index (Phi) is 11.0. The summed E-state index contributed by atoms with van der Waals surface area (Å²) in [4.78, 5) is 25.1. The Bertz CT molecular complexity index is 1060. The number of aromatic nitrogens is 4. The lowest BCUT2D eigenvalue weighted by Crippen LogP contribution is -2.44. The van der Waals surface area contributed by atoms with Gasteiger partial charge in [0.05, 0.1) is 6.54 Å². The lowest BCUT2D eigenvalue weighted by Gasteiger charge is -2.28. The summed E-state index contributed by atoms with van der Waals surface area (Å²) in [6, 6.07) is 0. The van der Waals surface area contributed by atoms with Crippen molar-refractivity contribution in [2.45, 2.75) is 76.9 Å². The summed E-state index contributed by atoms with van der Waals surface area (Å²) >= 11 is 1.67. The number of allylic oxidation sites excluding steroid dienone is 2. The molecule has 0 unspecified atom stereocenters. The predicted octanol–water partition coefficient (Wildman–Crippen LogP) is 4.35. The molecule has 1 fully saturated rings. The molecule has 3 rings (SSSR count). The zero-order chi connectivity index (χ0) is 24.2. The van der Waals surface area contributed by atoms with Crippen molar-refractivity contribution in [3.05, 3.63) is 22.5 Å². The van der Waals surface area contributed by atoms with Crippen molar-refractivity contribution in [1.82, 2.24) is 24.4 Å². The Balaban J connectivity index is 1.60. The van der Waals surface area contributed by atoms with Crippen LogP contribution in [0.15, 0.2) is 22.1 Å². The van der Waals surface area contributed by atoms with E-state index >= 15 is 0 Å². The largest absolute Gasteiger partial charge is 0.340 e. The number of nitrogens with zero attached hydrogens (tertiary/aromatic N) is 5. The first-order valence-corrected chi connectivity index (χ1v) is 13.7. The highest BCUT2D eigenvalue weighted by Gasteiger charge is 2.22. The lowest BCUT2D eigenvalue weighted by atomic mass is 10.1. The van der Waals surface area contributed by atoms with Gasteiger partial charge in [0.1, 0.15) is 0 Å². The number of thioether (sulfide) groups is 1. The van der Waals surface area contributed by atoms with E-state index in [4.69, 9.17) is 9.97 Å². The van der Waals surface area contributed by atoms with Gasteiger partial charge >= 0.3 is 0 Å². The Labute approximate surface area is 208 Å². The smallest absolute Gasteiger partial charge is 0.280 e. The molecule has 3 heterocycles. The van der Waals surface area contributed by atoms with Crippen LogP contribution in [0.1, 0.15) is 65.2 Å². The number of unbranched alkanes of at least 4 members (excludes halogenated alkanes) is 7. The molecule has 1 aliphatic rings. The van der Waals surface area contributed by atoms with Gasteiger partial charge in [-0.15, -0.1) is 5.92 Å². The zero-order valence-electron chi connectivity index (χ0n) is 21.1. The molecule has 2 aromatic heterocycles. The maximum Gasteiger partial charge on any atom is 0.280 e. The van der Waals surface area contributed by atoms with E-state index in [0.29, 0.717) is 17.7 Å². The van der Waals surface area contributed by atoms with E-state index < -0.39 is 0 Å². The Morgan fingerprint density at radius 3 is 2.47 bits per heavy atom. The summed E-state index contributed by atoms with van der Waals surface area (Å²) in [6.07, 6.45) is 14.5. The van der Waals surface area contributed by atoms with Crippen molar-refractivity contribution < 1.29 is 0 Å². The number of rotatable bonds is 13. The molecule has 186 valence electrons. The minimum absolute atomic E-state index is 0.0443. The average molecular weight is 485 g/mol. The molecule has 0 spiro atoms. The maximum absolute atomic E-state index is 13.3. The van der Waals surface area contributed by atoms with Crippen molar-refractivity contribution >= 4 is 28.9 Å². The van der Waals surface area contributed by atoms with Crippen molar-refractivity contribution in [1.29, 1.82) is 0 Å². The van der Waals surface area contributed by atoms with Crippen LogP contribution < -0.4 is 15.8 Å². The van der Waals surface area contributed by atoms with Crippen LogP contribution in [0.25, 0.3) is 11.2 Å². The highest BCUT2D eigenvalue weighted by Crippen LogP contribution is 2.23. The van der Waals surface area contributed by atoms with Crippen LogP contribution in [-0.4, -0.2) is 51.0 Å². The van der Waals surface area contributed by atoms with Gasteiger partial charge in [0.15, 0.2) is 16.3 Å². The van der Waals surface area contributed by atoms with E-state index in [2.05, 4.69) is 41.1 Å². The first-order chi connectivity index (χ1) is 16.7. The second kappa shape index (κ2) is 14.2. The highest BCUT2D eigenvalue weighted by atomic mass is 32.2. The van der Waals surface area contributed by atoms with Crippen LogP contribution in [0.2, 0.25) is 0 Å². The normalized spacial score (nSPS) is 14.1. The van der Waals surface area contributed by atoms with Crippen molar-refractivity contribution in [2.75, 3.05) is 36.8 Å². The van der Waals surface area contributed by atoms with Crippen molar-refractivity contribution in [2.24, 2.45) is 7.05 Å². The minimum Gasteiger partial charge on any atom is -0.340 e. The second-order valence-electron chi connectivity index (χ2n) is 8.77. The Hall–Kier alpha value is -2.24. The summed E-state index contributed by atoms with van der Waals surface area (Å²) in [7, 11) is 1.82. The Morgan fingerprint density at radius 2 is 1.76 bits per heavy atom. The third-order valence-corrected chi connectivity index (χ3v) is 7.34. The Morgan fingerprint density at radius 1 is 1.06 bits per heavy atom. The van der Waals surface area contributed by atoms with Gasteiger partial charge in [0, 0.05) is 39.0 Å². The van der Waals surface area contributed by atoms with Crippen LogP contribution in [-0.2, 0) is 13.6 Å². The minimum atomic E-state index is -0.0443. The van der Waals surface area contributed by atoms with Crippen molar-refractivity contribution in [3.63, 3.8) is 0 Å². The molecule has 0 aliphatic carbocycles. The molecule has 0 amide bonds. The van der Waals surface area contributed by atoms with E-state index in [9.17, 15) is 4.79 Å². The number of hydrogen-bond acceptors (Lipinski definition) is 6. The number of fused-ring (bicyclic) bond motifs is 1. The van der Waals surface area contributed by atoms with E-state index in [-0.39, 0.29) is 5.56 Å². The fraction of sp³-hybridized carbons (Fsp3) is 0.654. The molecule has 8 heteroatoms. The van der Waals surface area contributed by atoms with Crippen LogP contribution in [0, 0.1) is 11.8 Å². The molecule has 1 saturated heterocycles. The van der Waals surface area contributed by atoms with Crippen LogP contribution >= 0.6 is 11.8 Å². The molecule has 2 aromatic rings. The fourth-order valence-electron chi connectivity index (χ4n) is 4.25. The molecule has 1 aliphatic heterocycles. The number of nitrogens with one attached hydrogen (secondary N) is 1. The number of imidazole rings is 1. The van der Waals surface area contributed by atoms with Gasteiger partial charge in [0.2, 0.25) is 5.95 Å². The standard InChI is InChI=1S/C26H40N6OS/c1-4-6-8-9-10-11-12-13-14-15-21-34-26-29-23-22(24(33)30(26)3)32(18-7-5-2)25(28-23)31-19-16-27-17-20-31/h4,6,27H,8-21H2,1-3H3/b6-4+. The predicted molar refractivity (Wildman–Crippen MR) is 144 cm³/mol. The quantitative estimate of drug-likeness (QED) is 0.150. The van der Waals surface area contributed by atoms with Gasteiger partial charge in [-0.3, -0.25) is 13.9 Å². The van der Waals surface area contributed by atoms with Gasteiger partial charge in [-0.2, -0.15) is 4.98 Å². The van der Waals surface area contributed by atoms with E-state index in [1.165, 1.54) is 44.9 Å². The van der Waals surface area contributed by atoms with Gasteiger partial charge < -0.3 is 10.2 Å². The molecular weight excluding hydrogens is 444 g/mol. The van der Waals surface area contributed by atoms with Gasteiger partial charge in [-0.05, 0) is 33.1 Å². The molecule has 0 bridgehead atoms. The molecule has 0 aromatic carbocycles. The molecule has 0 radical (unpaired) electrons. The third-order valence-electron chi connectivity index (χ3n) is 6.22. The summed E-state index contributed by atoms with van der Waals surface area (Å²) in [6.45, 7) is 7.90. The average Bonchev–Trinajstić information content (AvgIpc) is 3.23. The first kappa shape index (κ1) is 26.4. The summed E-state index contributed by atoms with van der Waals surface area (Å²) in [5, 5.41) is 4.12. The fourth-order valence-corrected chi connectivity index (χ4v) is 5.21. The molecule has 0 atom stereocenters. The molecule has 1 N–H and O–H groups in total. The number of anilines is 1. The van der Waals surface area contributed by atoms with E-state index in [1.807, 2.05) is 18.5 Å². The number of piperazine rings is 1. The van der Waals surface area contributed by atoms with E-state index in [0.717, 1.165) is 49.5 Å². The van der Waals surface area contributed by atoms with Crippen LogP contribution in [0.5, 0.6) is 0 Å². The van der Waals surface area contributed by atoms with Crippen molar-refractivity contribution in [3.8, 4) is 11.8 Å². The van der Waals surface area contributed by atoms with Crippen LogP contribution in [0.3, 0.4) is 0 Å². The highest BCUT2D eigenvalue weighted by molar-refractivity contribution is 7.99. The first-order valence-electron chi connectivity index (χ1n) is 12.7. The third kappa shape index (κ3) is 7.13. The maximum atomic E-state index is 13.3. The second-order valence-corrected chi connectivity index (χ2v) is 9.84. The SMILES string of the molecule is CC#CCn1c(N2CCNCC2)nc2nc(SCCCCCCCCC/C=C/C)n(C)c(=O)c21. The molecular formula is C26H40N6OS. The van der Waals surface area contributed by atoms with Gasteiger partial charge in [0.25, 0.3) is 5.56 Å². The lowest BCUT2D eigenvalue weighted by molar-refractivity contribution is 0.573. The summed E-state index contributed by atoms with van der Waals surface area (Å²) < 4.78 is 3.62. The molecule has 7 nitrogen and oxygen atoms in total. The zero-order valence-corrected chi connectivity index (χ0v) is 21.9. The summed E-state index contributed by atoms with van der Waals surface area (Å²) in [5.41, 5.74) is 1.05. The number of hydrogen-bond donors (Lipinski definition) is 1. The monoisotopic (exact) mass is 484 g/mol. The topological polar surface area (TPSA) is 68.0 Å². The van der Waals surface area contributed by atoms with Gasteiger partial charge in [-0.25, -0.2) is 4.98 Å². The van der Waals surface area contributed by atoms with Crippen LogP contribution in [0.4, 0.5) is 5.95 Å².